The molecule has 0 amide bonds. The SMILES string of the molecule is C=COc1cncc(C2=C[C@H]3NCC[C@H]3CC2)c1. The van der Waals surface area contributed by atoms with Gasteiger partial charge in [-0.1, -0.05) is 12.7 Å². The predicted molar refractivity (Wildman–Crippen MR) is 72.2 cm³/mol. The molecule has 0 bridgehead atoms. The number of allylic oxidation sites excluding steroid dienone is 1. The second-order valence-electron chi connectivity index (χ2n) is 4.95. The van der Waals surface area contributed by atoms with E-state index in [1.807, 2.05) is 12.3 Å². The Morgan fingerprint density at radius 1 is 1.39 bits per heavy atom. The van der Waals surface area contributed by atoms with E-state index in [1.54, 1.807) is 6.20 Å². The summed E-state index contributed by atoms with van der Waals surface area (Å²) in [6.45, 7) is 4.72. The van der Waals surface area contributed by atoms with E-state index in [0.29, 0.717) is 6.04 Å². The molecule has 94 valence electrons. The minimum Gasteiger partial charge on any atom is -0.464 e. The average Bonchev–Trinajstić information content (AvgIpc) is 2.86. The second kappa shape index (κ2) is 4.94. The minimum atomic E-state index is 0.553. The maximum absolute atomic E-state index is 5.28. The number of aromatic nitrogens is 1. The lowest BCUT2D eigenvalue weighted by atomic mass is 9.84. The summed E-state index contributed by atoms with van der Waals surface area (Å²) in [4.78, 5) is 4.23. The number of ether oxygens (including phenoxy) is 1. The molecule has 18 heavy (non-hydrogen) atoms. The molecular formula is C15H18N2O. The van der Waals surface area contributed by atoms with Crippen molar-refractivity contribution >= 4 is 5.57 Å². The Morgan fingerprint density at radius 3 is 3.22 bits per heavy atom. The van der Waals surface area contributed by atoms with Crippen molar-refractivity contribution in [2.24, 2.45) is 5.92 Å². The predicted octanol–water partition coefficient (Wildman–Crippen LogP) is 2.76. The summed E-state index contributed by atoms with van der Waals surface area (Å²) in [5, 5.41) is 3.55. The molecule has 1 saturated heterocycles. The topological polar surface area (TPSA) is 34.1 Å². The number of fused-ring (bicyclic) bond motifs is 1. The molecule has 0 saturated carbocycles. The molecule has 0 unspecified atom stereocenters. The van der Waals surface area contributed by atoms with Crippen molar-refractivity contribution in [1.29, 1.82) is 0 Å². The van der Waals surface area contributed by atoms with Crippen LogP contribution in [0.15, 0.2) is 37.4 Å². The van der Waals surface area contributed by atoms with Crippen LogP contribution in [0.2, 0.25) is 0 Å². The highest BCUT2D eigenvalue weighted by Gasteiger charge is 2.28. The van der Waals surface area contributed by atoms with Crippen molar-refractivity contribution in [2.75, 3.05) is 6.54 Å². The summed E-state index contributed by atoms with van der Waals surface area (Å²) in [6.07, 6.45) is 11.2. The molecular weight excluding hydrogens is 224 g/mol. The van der Waals surface area contributed by atoms with Crippen LogP contribution in [0.4, 0.5) is 0 Å². The molecule has 1 aromatic rings. The van der Waals surface area contributed by atoms with Crippen LogP contribution in [-0.4, -0.2) is 17.6 Å². The fourth-order valence-electron chi connectivity index (χ4n) is 2.94. The lowest BCUT2D eigenvalue weighted by Crippen LogP contribution is -2.27. The molecule has 1 aliphatic heterocycles. The number of hydrogen-bond donors (Lipinski definition) is 1. The molecule has 1 N–H and O–H groups in total. The van der Waals surface area contributed by atoms with Gasteiger partial charge in [0.1, 0.15) is 5.75 Å². The van der Waals surface area contributed by atoms with Crippen molar-refractivity contribution in [2.45, 2.75) is 25.3 Å². The first-order valence-corrected chi connectivity index (χ1v) is 6.54. The van der Waals surface area contributed by atoms with Gasteiger partial charge in [-0.25, -0.2) is 0 Å². The van der Waals surface area contributed by atoms with Crippen LogP contribution in [0.3, 0.4) is 0 Å². The highest BCUT2D eigenvalue weighted by Crippen LogP contribution is 2.34. The first kappa shape index (κ1) is 11.5. The number of pyridine rings is 1. The van der Waals surface area contributed by atoms with Crippen molar-refractivity contribution in [1.82, 2.24) is 10.3 Å². The zero-order valence-electron chi connectivity index (χ0n) is 10.4. The zero-order chi connectivity index (χ0) is 12.4. The van der Waals surface area contributed by atoms with Crippen LogP contribution < -0.4 is 10.1 Å². The average molecular weight is 242 g/mol. The third-order valence-corrected chi connectivity index (χ3v) is 3.87. The maximum atomic E-state index is 5.28. The van der Waals surface area contributed by atoms with E-state index in [9.17, 15) is 0 Å². The van der Waals surface area contributed by atoms with E-state index in [-0.39, 0.29) is 0 Å². The van der Waals surface area contributed by atoms with E-state index in [4.69, 9.17) is 4.74 Å². The molecule has 2 aliphatic rings. The van der Waals surface area contributed by atoms with Gasteiger partial charge in [-0.3, -0.25) is 4.98 Å². The van der Waals surface area contributed by atoms with Gasteiger partial charge in [-0.2, -0.15) is 0 Å². The van der Waals surface area contributed by atoms with Gasteiger partial charge in [0.25, 0.3) is 0 Å². The van der Waals surface area contributed by atoms with Crippen LogP contribution >= 0.6 is 0 Å². The normalized spacial score (nSPS) is 26.3. The molecule has 3 nitrogen and oxygen atoms in total. The molecule has 1 aliphatic carbocycles. The summed E-state index contributed by atoms with van der Waals surface area (Å²) < 4.78 is 5.28. The van der Waals surface area contributed by atoms with Gasteiger partial charge in [-0.15, -0.1) is 0 Å². The van der Waals surface area contributed by atoms with Crippen LogP contribution in [0.1, 0.15) is 24.8 Å². The highest BCUT2D eigenvalue weighted by molar-refractivity contribution is 5.67. The maximum Gasteiger partial charge on any atom is 0.145 e. The smallest absolute Gasteiger partial charge is 0.145 e. The number of rotatable bonds is 3. The molecule has 0 radical (unpaired) electrons. The molecule has 2 heterocycles. The minimum absolute atomic E-state index is 0.553. The van der Waals surface area contributed by atoms with Gasteiger partial charge in [0.15, 0.2) is 0 Å². The molecule has 1 fully saturated rings. The van der Waals surface area contributed by atoms with E-state index in [2.05, 4.69) is 23.0 Å². The number of nitrogens with zero attached hydrogens (tertiary/aromatic N) is 1. The van der Waals surface area contributed by atoms with Gasteiger partial charge in [0, 0.05) is 12.2 Å². The first-order valence-electron chi connectivity index (χ1n) is 6.54. The summed E-state index contributed by atoms with van der Waals surface area (Å²) in [7, 11) is 0. The fraction of sp³-hybridized carbons (Fsp3) is 0.400. The monoisotopic (exact) mass is 242 g/mol. The van der Waals surface area contributed by atoms with E-state index in [1.165, 1.54) is 30.2 Å². The van der Waals surface area contributed by atoms with Crippen molar-refractivity contribution in [3.05, 3.63) is 42.9 Å². The Bertz CT molecular complexity index is 481. The molecule has 3 heteroatoms. The standard InChI is InChI=1S/C15H18N2O/c1-2-18-14-7-13(9-16-10-14)12-4-3-11-5-6-17-15(11)8-12/h2,7-11,15,17H,1,3-6H2/t11-,15-/m1/s1. The van der Waals surface area contributed by atoms with Crippen molar-refractivity contribution in [3.8, 4) is 5.75 Å². The Hall–Kier alpha value is -1.61. The third kappa shape index (κ3) is 2.18. The lowest BCUT2D eigenvalue weighted by molar-refractivity contribution is 0.465. The Kier molecular flexibility index (Phi) is 3.15. The van der Waals surface area contributed by atoms with E-state index < -0.39 is 0 Å². The Labute approximate surface area is 108 Å². The zero-order valence-corrected chi connectivity index (χ0v) is 10.4. The third-order valence-electron chi connectivity index (χ3n) is 3.87. The Morgan fingerprint density at radius 2 is 2.33 bits per heavy atom. The molecule has 1 aromatic heterocycles. The van der Waals surface area contributed by atoms with E-state index in [0.717, 1.165) is 24.6 Å². The summed E-state index contributed by atoms with van der Waals surface area (Å²) in [5.74, 6) is 1.58. The van der Waals surface area contributed by atoms with E-state index >= 15 is 0 Å². The largest absolute Gasteiger partial charge is 0.464 e. The molecule has 0 spiro atoms. The summed E-state index contributed by atoms with van der Waals surface area (Å²) in [6, 6.07) is 2.59. The van der Waals surface area contributed by atoms with Crippen molar-refractivity contribution < 1.29 is 4.74 Å². The van der Waals surface area contributed by atoms with Gasteiger partial charge >= 0.3 is 0 Å². The lowest BCUT2D eigenvalue weighted by Gasteiger charge is -2.24. The van der Waals surface area contributed by atoms with Crippen molar-refractivity contribution in [3.63, 3.8) is 0 Å². The number of nitrogens with one attached hydrogen (secondary N) is 1. The first-order chi connectivity index (χ1) is 8.86. The van der Waals surface area contributed by atoms with Crippen LogP contribution in [0.25, 0.3) is 5.57 Å². The molecule has 2 atom stereocenters. The summed E-state index contributed by atoms with van der Waals surface area (Å²) in [5.41, 5.74) is 2.55. The number of hydrogen-bond acceptors (Lipinski definition) is 3. The van der Waals surface area contributed by atoms with Crippen LogP contribution in [-0.2, 0) is 0 Å². The molecule has 3 rings (SSSR count). The van der Waals surface area contributed by atoms with Gasteiger partial charge in [-0.05, 0) is 48.9 Å². The second-order valence-corrected chi connectivity index (χ2v) is 4.95. The Balaban J connectivity index is 1.85. The fourth-order valence-corrected chi connectivity index (χ4v) is 2.94. The van der Waals surface area contributed by atoms with Gasteiger partial charge in [0.2, 0.25) is 0 Å². The van der Waals surface area contributed by atoms with Crippen LogP contribution in [0.5, 0.6) is 5.75 Å². The highest BCUT2D eigenvalue weighted by atomic mass is 16.5. The van der Waals surface area contributed by atoms with Gasteiger partial charge < -0.3 is 10.1 Å². The molecule has 0 aromatic carbocycles. The van der Waals surface area contributed by atoms with Gasteiger partial charge in [0.05, 0.1) is 12.5 Å². The van der Waals surface area contributed by atoms with Crippen LogP contribution in [0, 0.1) is 5.92 Å². The summed E-state index contributed by atoms with van der Waals surface area (Å²) >= 11 is 0. The quantitative estimate of drug-likeness (QED) is 0.828.